The highest BCUT2D eigenvalue weighted by Gasteiger charge is 2.08. The van der Waals surface area contributed by atoms with Gasteiger partial charge < -0.3 is 5.32 Å². The Morgan fingerprint density at radius 2 is 1.94 bits per heavy atom. The van der Waals surface area contributed by atoms with E-state index in [1.165, 1.54) is 6.26 Å². The van der Waals surface area contributed by atoms with Gasteiger partial charge in [-0.25, -0.2) is 13.4 Å². The largest absolute Gasteiger partial charge is 0.314 e. The van der Waals surface area contributed by atoms with Crippen LogP contribution in [0, 0.1) is 0 Å². The number of nitrogens with one attached hydrogen (secondary N) is 1. The third-order valence-electron chi connectivity index (χ3n) is 2.46. The Morgan fingerprint density at radius 1 is 1.28 bits per heavy atom. The van der Waals surface area contributed by atoms with Gasteiger partial charge in [0.1, 0.15) is 5.01 Å². The van der Waals surface area contributed by atoms with Gasteiger partial charge in [0, 0.05) is 23.7 Å². The standard InChI is InChI=1S/C12H14N2O2S2/c1-13-7-12-14-11(8-17-12)9-3-5-10(6-4-9)18(2,15)16/h3-6,8,13H,7H2,1-2H3. The Hall–Kier alpha value is -1.24. The average molecular weight is 282 g/mol. The molecule has 0 aliphatic carbocycles. The Labute approximate surface area is 111 Å². The van der Waals surface area contributed by atoms with E-state index in [1.54, 1.807) is 35.6 Å². The van der Waals surface area contributed by atoms with Gasteiger partial charge in [0.05, 0.1) is 10.6 Å². The zero-order chi connectivity index (χ0) is 13.2. The number of hydrogen-bond donors (Lipinski definition) is 1. The molecule has 2 aromatic rings. The van der Waals surface area contributed by atoms with Crippen LogP contribution in [0.4, 0.5) is 0 Å². The molecular formula is C12H14N2O2S2. The first kappa shape index (κ1) is 13.2. The monoisotopic (exact) mass is 282 g/mol. The molecule has 0 amide bonds. The van der Waals surface area contributed by atoms with E-state index in [4.69, 9.17) is 0 Å². The molecule has 1 heterocycles. The topological polar surface area (TPSA) is 59.1 Å². The summed E-state index contributed by atoms with van der Waals surface area (Å²) in [7, 11) is -1.26. The molecule has 1 aromatic heterocycles. The van der Waals surface area contributed by atoms with Crippen LogP contribution in [0.1, 0.15) is 5.01 Å². The van der Waals surface area contributed by atoms with Crippen molar-refractivity contribution in [1.82, 2.24) is 10.3 Å². The van der Waals surface area contributed by atoms with Gasteiger partial charge in [0.15, 0.2) is 9.84 Å². The van der Waals surface area contributed by atoms with E-state index >= 15 is 0 Å². The number of aromatic nitrogens is 1. The van der Waals surface area contributed by atoms with Crippen LogP contribution in [0.15, 0.2) is 34.5 Å². The van der Waals surface area contributed by atoms with E-state index in [2.05, 4.69) is 10.3 Å². The summed E-state index contributed by atoms with van der Waals surface area (Å²) in [6.45, 7) is 0.742. The van der Waals surface area contributed by atoms with Gasteiger partial charge in [0.25, 0.3) is 0 Å². The van der Waals surface area contributed by atoms with Crippen LogP contribution in [-0.2, 0) is 16.4 Å². The lowest BCUT2D eigenvalue weighted by Crippen LogP contribution is -2.04. The molecule has 6 heteroatoms. The van der Waals surface area contributed by atoms with Crippen molar-refractivity contribution in [2.24, 2.45) is 0 Å². The Bertz CT molecular complexity index is 630. The normalized spacial score (nSPS) is 11.7. The summed E-state index contributed by atoms with van der Waals surface area (Å²) >= 11 is 1.59. The maximum absolute atomic E-state index is 11.3. The smallest absolute Gasteiger partial charge is 0.175 e. The van der Waals surface area contributed by atoms with Gasteiger partial charge in [-0.05, 0) is 19.2 Å². The second-order valence-corrected chi connectivity index (χ2v) is 6.91. The maximum Gasteiger partial charge on any atom is 0.175 e. The third-order valence-corrected chi connectivity index (χ3v) is 4.44. The number of hydrogen-bond acceptors (Lipinski definition) is 5. The zero-order valence-corrected chi connectivity index (χ0v) is 11.8. The van der Waals surface area contributed by atoms with Gasteiger partial charge in [-0.1, -0.05) is 12.1 Å². The molecule has 0 spiro atoms. The summed E-state index contributed by atoms with van der Waals surface area (Å²) < 4.78 is 22.7. The van der Waals surface area contributed by atoms with E-state index in [0.717, 1.165) is 22.8 Å². The van der Waals surface area contributed by atoms with E-state index in [9.17, 15) is 8.42 Å². The first-order valence-electron chi connectivity index (χ1n) is 5.40. The first-order chi connectivity index (χ1) is 8.50. The molecule has 18 heavy (non-hydrogen) atoms. The van der Waals surface area contributed by atoms with Crippen LogP contribution in [0.3, 0.4) is 0 Å². The third kappa shape index (κ3) is 2.95. The second-order valence-electron chi connectivity index (χ2n) is 3.95. The van der Waals surface area contributed by atoms with Crippen molar-refractivity contribution in [3.05, 3.63) is 34.7 Å². The Kier molecular flexibility index (Phi) is 3.79. The molecule has 0 atom stereocenters. The van der Waals surface area contributed by atoms with Crippen molar-refractivity contribution < 1.29 is 8.42 Å². The molecule has 0 saturated heterocycles. The molecule has 0 radical (unpaired) electrons. The highest BCUT2D eigenvalue weighted by atomic mass is 32.2. The van der Waals surface area contributed by atoms with Crippen molar-refractivity contribution in [2.45, 2.75) is 11.4 Å². The maximum atomic E-state index is 11.3. The predicted molar refractivity (Wildman–Crippen MR) is 73.4 cm³/mol. The molecular weight excluding hydrogens is 268 g/mol. The number of nitrogens with zero attached hydrogens (tertiary/aromatic N) is 1. The van der Waals surface area contributed by atoms with E-state index < -0.39 is 9.84 Å². The van der Waals surface area contributed by atoms with Crippen LogP contribution in [0.5, 0.6) is 0 Å². The Morgan fingerprint density at radius 3 is 2.50 bits per heavy atom. The minimum absolute atomic E-state index is 0.330. The highest BCUT2D eigenvalue weighted by Crippen LogP contribution is 2.23. The number of thiazole rings is 1. The fourth-order valence-electron chi connectivity index (χ4n) is 1.55. The van der Waals surface area contributed by atoms with E-state index in [1.807, 2.05) is 12.4 Å². The van der Waals surface area contributed by atoms with Crippen LogP contribution < -0.4 is 5.32 Å². The number of rotatable bonds is 4. The summed E-state index contributed by atoms with van der Waals surface area (Å²) in [6.07, 6.45) is 1.20. The van der Waals surface area contributed by atoms with Gasteiger partial charge in [-0.15, -0.1) is 11.3 Å². The summed E-state index contributed by atoms with van der Waals surface area (Å²) in [5.41, 5.74) is 1.81. The molecule has 4 nitrogen and oxygen atoms in total. The van der Waals surface area contributed by atoms with Gasteiger partial charge in [-0.2, -0.15) is 0 Å². The predicted octanol–water partition coefficient (Wildman–Crippen LogP) is 1.93. The lowest BCUT2D eigenvalue weighted by atomic mass is 10.2. The van der Waals surface area contributed by atoms with Gasteiger partial charge in [0.2, 0.25) is 0 Å². The van der Waals surface area contributed by atoms with Crippen molar-refractivity contribution >= 4 is 21.2 Å². The van der Waals surface area contributed by atoms with Crippen LogP contribution in [0.25, 0.3) is 11.3 Å². The minimum atomic E-state index is -3.13. The lowest BCUT2D eigenvalue weighted by Gasteiger charge is -2.00. The van der Waals surface area contributed by atoms with Gasteiger partial charge in [-0.3, -0.25) is 0 Å². The molecule has 0 aliphatic heterocycles. The molecule has 0 bridgehead atoms. The molecule has 0 aliphatic rings. The van der Waals surface area contributed by atoms with Crippen molar-refractivity contribution in [3.8, 4) is 11.3 Å². The first-order valence-corrected chi connectivity index (χ1v) is 8.17. The molecule has 1 N–H and O–H groups in total. The summed E-state index contributed by atoms with van der Waals surface area (Å²) in [4.78, 5) is 4.80. The number of benzene rings is 1. The molecule has 96 valence electrons. The van der Waals surface area contributed by atoms with E-state index in [0.29, 0.717) is 4.90 Å². The number of sulfone groups is 1. The molecule has 2 rings (SSSR count). The van der Waals surface area contributed by atoms with Crippen LogP contribution in [0.2, 0.25) is 0 Å². The quantitative estimate of drug-likeness (QED) is 0.931. The van der Waals surface area contributed by atoms with Crippen LogP contribution in [-0.4, -0.2) is 26.7 Å². The molecule has 0 saturated carbocycles. The Balaban J connectivity index is 2.28. The SMILES string of the molecule is CNCc1nc(-c2ccc(S(C)(=O)=O)cc2)cs1. The van der Waals surface area contributed by atoms with Crippen molar-refractivity contribution in [1.29, 1.82) is 0 Å². The van der Waals surface area contributed by atoms with E-state index in [-0.39, 0.29) is 0 Å². The molecule has 0 fully saturated rings. The van der Waals surface area contributed by atoms with Crippen LogP contribution >= 0.6 is 11.3 Å². The van der Waals surface area contributed by atoms with Crippen molar-refractivity contribution in [2.75, 3.05) is 13.3 Å². The molecule has 1 aromatic carbocycles. The summed E-state index contributed by atoms with van der Waals surface area (Å²) in [5.74, 6) is 0. The molecule has 0 unspecified atom stereocenters. The second kappa shape index (κ2) is 5.17. The highest BCUT2D eigenvalue weighted by molar-refractivity contribution is 7.90. The lowest BCUT2D eigenvalue weighted by molar-refractivity contribution is 0.602. The fraction of sp³-hybridized carbons (Fsp3) is 0.250. The zero-order valence-electron chi connectivity index (χ0n) is 10.2. The summed E-state index contributed by atoms with van der Waals surface area (Å²) in [5, 5.41) is 6.03. The fourth-order valence-corrected chi connectivity index (χ4v) is 2.99. The average Bonchev–Trinajstić information content (AvgIpc) is 2.77. The van der Waals surface area contributed by atoms with Crippen molar-refractivity contribution in [3.63, 3.8) is 0 Å². The minimum Gasteiger partial charge on any atom is -0.314 e. The summed E-state index contributed by atoms with van der Waals surface area (Å²) in [6, 6.07) is 6.80. The van der Waals surface area contributed by atoms with Gasteiger partial charge >= 0.3 is 0 Å².